The highest BCUT2D eigenvalue weighted by Gasteiger charge is 2.49. The fourth-order valence-corrected chi connectivity index (χ4v) is 9.37. The molecule has 4 saturated heterocycles. The fourth-order valence-electron chi connectivity index (χ4n) is 9.37. The van der Waals surface area contributed by atoms with E-state index in [1.807, 2.05) is 13.0 Å². The number of carbonyl (C=O) groups is 1. The van der Waals surface area contributed by atoms with Gasteiger partial charge in [-0.15, -0.1) is 0 Å². The molecule has 0 saturated carbocycles. The number of hydrogen-bond acceptors (Lipinski definition) is 8. The van der Waals surface area contributed by atoms with Gasteiger partial charge in [0.25, 0.3) is 0 Å². The van der Waals surface area contributed by atoms with Crippen LogP contribution >= 0.6 is 0 Å². The van der Waals surface area contributed by atoms with Gasteiger partial charge in [0, 0.05) is 56.2 Å². The Hall–Kier alpha value is -3.93. The van der Waals surface area contributed by atoms with Crippen LogP contribution in [0.3, 0.4) is 0 Å². The minimum atomic E-state index is -0.883. The Morgan fingerprint density at radius 1 is 1.06 bits per heavy atom. The summed E-state index contributed by atoms with van der Waals surface area (Å²) in [5, 5.41) is 8.64. The van der Waals surface area contributed by atoms with Crippen LogP contribution < -0.4 is 9.64 Å². The number of ether oxygens (including phenoxy) is 1. The Bertz CT molecular complexity index is 1900. The summed E-state index contributed by atoms with van der Waals surface area (Å²) in [4.78, 5) is 34.5. The topological polar surface area (TPSA) is 103 Å². The molecule has 10 rings (SSSR count). The van der Waals surface area contributed by atoms with E-state index in [1.54, 1.807) is 12.4 Å². The average Bonchev–Trinajstić information content (AvgIpc) is 3.85. The van der Waals surface area contributed by atoms with Crippen molar-refractivity contribution in [3.05, 3.63) is 35.4 Å². The molecule has 1 N–H and O–H groups in total. The zero-order valence-electron chi connectivity index (χ0n) is 26.8. The third kappa shape index (κ3) is 4.69. The van der Waals surface area contributed by atoms with Crippen molar-refractivity contribution in [3.63, 3.8) is 0 Å². The standard InChI is InChI=1S/C35H40F2N8O2/c1-20-13-26-24(16-39-42-26)29-23(20)5-2-3-6-28(46)45-12-8-21-7-11-43(18-27(21)45)33-25-15-38-32(29)30(37)31(25)40-34(41-33)47-19-35-9-4-10-44(35)17-22(36)14-35/h13,15-16,21-22,27H,2-12,14,17-19H2,1H3,(H,39,42)/t21-,22+,27-,35-/m0/s1. The highest BCUT2D eigenvalue weighted by atomic mass is 19.1. The van der Waals surface area contributed by atoms with Crippen LogP contribution in [-0.2, 0) is 11.2 Å². The van der Waals surface area contributed by atoms with E-state index >= 15 is 4.39 Å². The molecule has 0 unspecified atom stereocenters. The second-order valence-corrected chi connectivity index (χ2v) is 14.4. The molecule has 0 aliphatic carbocycles. The summed E-state index contributed by atoms with van der Waals surface area (Å²) in [5.74, 6) is 0.705. The Labute approximate surface area is 271 Å². The number of aromatic nitrogens is 5. The number of nitrogens with zero attached hydrogens (tertiary/aromatic N) is 7. The molecule has 47 heavy (non-hydrogen) atoms. The number of hydrogen-bond donors (Lipinski definition) is 1. The van der Waals surface area contributed by atoms with Crippen LogP contribution in [0, 0.1) is 18.7 Å². The maximum Gasteiger partial charge on any atom is 0.319 e. The molecule has 6 bridgehead atoms. The van der Waals surface area contributed by atoms with Gasteiger partial charge in [-0.2, -0.15) is 15.1 Å². The van der Waals surface area contributed by atoms with Crippen LogP contribution in [-0.4, -0.2) is 97.9 Å². The second-order valence-electron chi connectivity index (χ2n) is 14.4. The normalized spacial score (nSPS) is 27.8. The maximum atomic E-state index is 17.1. The van der Waals surface area contributed by atoms with Gasteiger partial charge in [0.2, 0.25) is 5.91 Å². The number of pyridine rings is 1. The smallest absolute Gasteiger partial charge is 0.319 e. The van der Waals surface area contributed by atoms with Gasteiger partial charge in [-0.1, -0.05) is 0 Å². The number of carbonyl (C=O) groups excluding carboxylic acids is 1. The highest BCUT2D eigenvalue weighted by Crippen LogP contribution is 2.43. The number of aromatic amines is 1. The number of H-pyrrole nitrogens is 1. The SMILES string of the molecule is Cc1cc2[nH]ncc2c2c1CCCCC(=O)N1CC[C@@H]3CCN(C[C@@H]31)c1nc(OC[C@@]34CCCN3C[C@H](F)C4)nc3c(F)c-2ncc13. The van der Waals surface area contributed by atoms with Gasteiger partial charge in [-0.25, -0.2) is 8.78 Å². The number of amides is 1. The largest absolute Gasteiger partial charge is 0.461 e. The zero-order chi connectivity index (χ0) is 31.9. The van der Waals surface area contributed by atoms with Gasteiger partial charge in [-0.05, 0) is 81.5 Å². The van der Waals surface area contributed by atoms with E-state index in [1.165, 1.54) is 0 Å². The average molecular weight is 643 g/mol. The first-order valence-corrected chi connectivity index (χ1v) is 17.3. The summed E-state index contributed by atoms with van der Waals surface area (Å²) in [5.41, 5.74) is 3.52. The minimum Gasteiger partial charge on any atom is -0.461 e. The highest BCUT2D eigenvalue weighted by molar-refractivity contribution is 5.99. The number of rotatable bonds is 3. The molecule has 3 aromatic heterocycles. The van der Waals surface area contributed by atoms with Crippen LogP contribution in [0.2, 0.25) is 0 Å². The summed E-state index contributed by atoms with van der Waals surface area (Å²) >= 11 is 0. The predicted molar refractivity (Wildman–Crippen MR) is 174 cm³/mol. The van der Waals surface area contributed by atoms with Gasteiger partial charge in [-0.3, -0.25) is 19.8 Å². The van der Waals surface area contributed by atoms with Crippen molar-refractivity contribution in [3.8, 4) is 17.3 Å². The maximum absolute atomic E-state index is 17.1. The monoisotopic (exact) mass is 642 g/mol. The van der Waals surface area contributed by atoms with Gasteiger partial charge in [0.05, 0.1) is 28.7 Å². The van der Waals surface area contributed by atoms with Crippen molar-refractivity contribution in [2.45, 2.75) is 82.5 Å². The molecule has 0 spiro atoms. The number of alkyl halides is 1. The van der Waals surface area contributed by atoms with Crippen LogP contribution in [0.4, 0.5) is 14.6 Å². The number of benzene rings is 1. The number of fused-ring (bicyclic) bond motifs is 7. The Kier molecular flexibility index (Phi) is 6.88. The summed E-state index contributed by atoms with van der Waals surface area (Å²) in [6.45, 7) is 5.68. The second kappa shape index (κ2) is 11.1. The van der Waals surface area contributed by atoms with Gasteiger partial charge >= 0.3 is 6.01 Å². The molecular formula is C35H40F2N8O2. The molecule has 4 atom stereocenters. The summed E-state index contributed by atoms with van der Waals surface area (Å²) in [6.07, 6.45) is 9.49. The zero-order valence-corrected chi connectivity index (χ0v) is 26.8. The summed E-state index contributed by atoms with van der Waals surface area (Å²) < 4.78 is 38.0. The molecule has 0 radical (unpaired) electrons. The molecule has 12 heteroatoms. The van der Waals surface area contributed by atoms with E-state index in [-0.39, 0.29) is 41.3 Å². The summed E-state index contributed by atoms with van der Waals surface area (Å²) in [6, 6.07) is 2.22. The van der Waals surface area contributed by atoms with Crippen LogP contribution in [0.15, 0.2) is 18.5 Å². The quantitative estimate of drug-likeness (QED) is 0.329. The van der Waals surface area contributed by atoms with E-state index in [0.29, 0.717) is 55.0 Å². The molecule has 4 aromatic rings. The van der Waals surface area contributed by atoms with Crippen LogP contribution in [0.25, 0.3) is 33.1 Å². The van der Waals surface area contributed by atoms with E-state index in [0.717, 1.165) is 80.2 Å². The lowest BCUT2D eigenvalue weighted by Crippen LogP contribution is -2.50. The van der Waals surface area contributed by atoms with Crippen LogP contribution in [0.5, 0.6) is 6.01 Å². The van der Waals surface area contributed by atoms with E-state index in [9.17, 15) is 9.18 Å². The number of halogens is 2. The van der Waals surface area contributed by atoms with Crippen molar-refractivity contribution in [2.75, 3.05) is 44.2 Å². The Balaban J connectivity index is 1.21. The number of anilines is 1. The molecule has 1 aromatic carbocycles. The molecular weight excluding hydrogens is 602 g/mol. The first-order valence-electron chi connectivity index (χ1n) is 17.3. The molecule has 10 nitrogen and oxygen atoms in total. The molecule has 6 aliphatic heterocycles. The van der Waals surface area contributed by atoms with Crippen molar-refractivity contribution in [2.24, 2.45) is 5.92 Å². The van der Waals surface area contributed by atoms with Gasteiger partial charge in [0.1, 0.15) is 29.8 Å². The Morgan fingerprint density at radius 2 is 1.94 bits per heavy atom. The molecule has 1 amide bonds. The van der Waals surface area contributed by atoms with Gasteiger partial charge in [0.15, 0.2) is 5.82 Å². The van der Waals surface area contributed by atoms with E-state index in [2.05, 4.69) is 24.9 Å². The first-order chi connectivity index (χ1) is 22.9. The Morgan fingerprint density at radius 3 is 2.85 bits per heavy atom. The number of nitrogens with one attached hydrogen (secondary N) is 1. The number of piperidine rings is 1. The van der Waals surface area contributed by atoms with E-state index in [4.69, 9.17) is 19.7 Å². The van der Waals surface area contributed by atoms with E-state index < -0.39 is 12.0 Å². The first kappa shape index (κ1) is 29.2. The molecule has 6 aliphatic rings. The lowest BCUT2D eigenvalue weighted by atomic mass is 9.90. The van der Waals surface area contributed by atoms with Crippen molar-refractivity contribution in [1.82, 2.24) is 34.9 Å². The lowest BCUT2D eigenvalue weighted by Gasteiger charge is -2.39. The fraction of sp³-hybridized carbons (Fsp3) is 0.571. The molecule has 4 fully saturated rings. The van der Waals surface area contributed by atoms with Crippen LogP contribution in [0.1, 0.15) is 62.5 Å². The lowest BCUT2D eigenvalue weighted by molar-refractivity contribution is -0.132. The third-order valence-corrected chi connectivity index (χ3v) is 11.7. The van der Waals surface area contributed by atoms with Crippen molar-refractivity contribution in [1.29, 1.82) is 0 Å². The van der Waals surface area contributed by atoms with Gasteiger partial charge < -0.3 is 14.5 Å². The predicted octanol–water partition coefficient (Wildman–Crippen LogP) is 5.12. The van der Waals surface area contributed by atoms with Crippen molar-refractivity contribution >= 4 is 33.5 Å². The summed E-state index contributed by atoms with van der Waals surface area (Å²) in [7, 11) is 0. The van der Waals surface area contributed by atoms with Crippen molar-refractivity contribution < 1.29 is 18.3 Å². The number of aryl methyl sites for hydroxylation is 1. The minimum absolute atomic E-state index is 0.0823. The third-order valence-electron chi connectivity index (χ3n) is 11.7. The molecule has 9 heterocycles. The molecule has 246 valence electrons.